The molecule has 0 fully saturated rings. The monoisotopic (exact) mass is 991 g/mol. The van der Waals surface area contributed by atoms with Crippen LogP contribution in [0.25, 0.3) is 0 Å². The predicted octanol–water partition coefficient (Wildman–Crippen LogP) is 18.8. The average Bonchev–Trinajstić information content (AvgIpc) is 3.32. The first-order chi connectivity index (χ1) is 33.9. The topological polar surface area (TPSA) is 186 Å². The molecule has 0 aliphatic carbocycles. The molecule has 5 N–H and O–H groups in total. The zero-order valence-electron chi connectivity index (χ0n) is 45.8. The molecule has 0 radical (unpaired) electrons. The third-order valence-corrected chi connectivity index (χ3v) is 10.9. The SMILES string of the molecule is CCCCC/C=C\CCCCC(=O)O.CCCCCC/C=C\CCCC(=O)O.CCCCCCC/C=C\CCC(=O)O.CCCCCCCC/C=C\CC(=O)O.CCCCCCCCC/C=C\C(=O)O. The molecule has 0 aliphatic rings. The van der Waals surface area contributed by atoms with Gasteiger partial charge in [-0.25, -0.2) is 4.79 Å². The molecule has 410 valence electrons. The highest BCUT2D eigenvalue weighted by Crippen LogP contribution is 2.10. The Morgan fingerprint density at radius 3 is 0.871 bits per heavy atom. The van der Waals surface area contributed by atoms with E-state index in [4.69, 9.17) is 25.5 Å². The van der Waals surface area contributed by atoms with Gasteiger partial charge in [-0.2, -0.15) is 0 Å². The van der Waals surface area contributed by atoms with E-state index in [2.05, 4.69) is 65.0 Å². The third-order valence-electron chi connectivity index (χ3n) is 10.9. The number of aliphatic carboxylic acids is 5. The van der Waals surface area contributed by atoms with E-state index in [0.29, 0.717) is 19.3 Å². The summed E-state index contributed by atoms with van der Waals surface area (Å²) in [5.74, 6) is -3.67. The van der Waals surface area contributed by atoms with Gasteiger partial charge >= 0.3 is 29.8 Å². The molecule has 0 unspecified atom stereocenters. The molecule has 0 saturated heterocycles. The Morgan fingerprint density at radius 1 is 0.257 bits per heavy atom. The van der Waals surface area contributed by atoms with Crippen molar-refractivity contribution in [3.8, 4) is 0 Å². The summed E-state index contributed by atoms with van der Waals surface area (Å²) in [6.07, 6.45) is 63.3. The first kappa shape index (κ1) is 75.0. The molecule has 10 nitrogen and oxygen atoms in total. The number of allylic oxidation sites excluding steroid dienone is 8. The van der Waals surface area contributed by atoms with E-state index >= 15 is 0 Å². The zero-order chi connectivity index (χ0) is 53.2. The molecule has 0 atom stereocenters. The minimum Gasteiger partial charge on any atom is -0.481 e. The first-order valence-corrected chi connectivity index (χ1v) is 28.2. The maximum absolute atomic E-state index is 10.2. The third kappa shape index (κ3) is 97.7. The van der Waals surface area contributed by atoms with E-state index in [1.807, 2.05) is 12.2 Å². The number of rotatable bonds is 45. The Balaban J connectivity index is -0.000000251. The first-order valence-electron chi connectivity index (χ1n) is 28.2. The number of carbonyl (C=O) groups is 5. The van der Waals surface area contributed by atoms with Gasteiger partial charge in [0.2, 0.25) is 0 Å². The van der Waals surface area contributed by atoms with Gasteiger partial charge in [0.1, 0.15) is 0 Å². The Kier molecular flexibility index (Phi) is 76.7. The van der Waals surface area contributed by atoms with Crippen LogP contribution in [0.15, 0.2) is 60.8 Å². The lowest BCUT2D eigenvalue weighted by molar-refractivity contribution is -0.138. The minimum absolute atomic E-state index is 0.163. The second-order valence-corrected chi connectivity index (χ2v) is 18.1. The molecule has 0 aromatic heterocycles. The summed E-state index contributed by atoms with van der Waals surface area (Å²) >= 11 is 0. The lowest BCUT2D eigenvalue weighted by Gasteiger charge is -1.98. The standard InChI is InChI=1S/5C12H22O2/c5*1-2-3-4-5-6-7-8-9-10-11-12(13)14/h10-11H,2-9H2,1H3,(H,13,14);9-10H,2-8,11H2,1H3,(H,13,14);8-9H,2-7,10-11H2,1H3,(H,13,14);7-8H,2-6,9-11H2,1H3,(H,13,14);6-7H,2-5,8-11H2,1H3,(H,13,14)/b11-10-;10-9-;9-8-;8-7-;7-6-. The van der Waals surface area contributed by atoms with Gasteiger partial charge in [-0.3, -0.25) is 19.2 Å². The molecule has 0 amide bonds. The van der Waals surface area contributed by atoms with E-state index in [0.717, 1.165) is 64.2 Å². The molecule has 10 heteroatoms. The van der Waals surface area contributed by atoms with E-state index in [1.165, 1.54) is 167 Å². The van der Waals surface area contributed by atoms with E-state index < -0.39 is 29.8 Å². The Hall–Kier alpha value is -3.95. The van der Waals surface area contributed by atoms with Crippen molar-refractivity contribution in [2.24, 2.45) is 0 Å². The van der Waals surface area contributed by atoms with Crippen LogP contribution in [0.1, 0.15) is 291 Å². The molecule has 0 bridgehead atoms. The molecule has 0 aromatic carbocycles. The van der Waals surface area contributed by atoms with Gasteiger partial charge in [0, 0.05) is 25.3 Å². The van der Waals surface area contributed by atoms with Crippen molar-refractivity contribution in [1.82, 2.24) is 0 Å². The van der Waals surface area contributed by atoms with Gasteiger partial charge < -0.3 is 25.5 Å². The molecule has 0 rings (SSSR count). The van der Waals surface area contributed by atoms with Crippen LogP contribution in [0.3, 0.4) is 0 Å². The molecule has 0 heterocycles. The van der Waals surface area contributed by atoms with Crippen molar-refractivity contribution in [3.05, 3.63) is 60.8 Å². The van der Waals surface area contributed by atoms with Crippen LogP contribution in [0.4, 0.5) is 0 Å². The van der Waals surface area contributed by atoms with Gasteiger partial charge in [-0.05, 0) is 103 Å². The fraction of sp³-hybridized carbons (Fsp3) is 0.750. The fourth-order valence-corrected chi connectivity index (χ4v) is 6.64. The van der Waals surface area contributed by atoms with Crippen molar-refractivity contribution in [3.63, 3.8) is 0 Å². The fourth-order valence-electron chi connectivity index (χ4n) is 6.64. The second kappa shape index (κ2) is 71.6. The van der Waals surface area contributed by atoms with Crippen LogP contribution in [-0.4, -0.2) is 55.4 Å². The molecule has 0 spiro atoms. The van der Waals surface area contributed by atoms with Crippen molar-refractivity contribution >= 4 is 29.8 Å². The summed E-state index contributed by atoms with van der Waals surface area (Å²) in [7, 11) is 0. The van der Waals surface area contributed by atoms with Crippen molar-refractivity contribution in [2.75, 3.05) is 0 Å². The average molecular weight is 992 g/mol. The van der Waals surface area contributed by atoms with Gasteiger partial charge in [0.05, 0.1) is 6.42 Å². The van der Waals surface area contributed by atoms with Gasteiger partial charge in [0.15, 0.2) is 0 Å². The van der Waals surface area contributed by atoms with Crippen LogP contribution in [0.5, 0.6) is 0 Å². The minimum atomic E-state index is -0.840. The summed E-state index contributed by atoms with van der Waals surface area (Å²) in [5.41, 5.74) is 0. The van der Waals surface area contributed by atoms with Crippen LogP contribution in [0.2, 0.25) is 0 Å². The van der Waals surface area contributed by atoms with E-state index in [9.17, 15) is 24.0 Å². The second-order valence-electron chi connectivity index (χ2n) is 18.1. The van der Waals surface area contributed by atoms with Gasteiger partial charge in [-0.1, -0.05) is 218 Å². The number of hydrogen-bond donors (Lipinski definition) is 5. The number of unbranched alkanes of at least 4 members (excludes halogenated alkanes) is 28. The summed E-state index contributed by atoms with van der Waals surface area (Å²) in [4.78, 5) is 50.8. The highest BCUT2D eigenvalue weighted by molar-refractivity contribution is 5.79. The summed E-state index contributed by atoms with van der Waals surface area (Å²) < 4.78 is 0. The maximum atomic E-state index is 10.2. The highest BCUT2D eigenvalue weighted by Gasteiger charge is 1.96. The van der Waals surface area contributed by atoms with Crippen molar-refractivity contribution in [2.45, 2.75) is 291 Å². The molecule has 0 aliphatic heterocycles. The predicted molar refractivity (Wildman–Crippen MR) is 297 cm³/mol. The largest absolute Gasteiger partial charge is 0.481 e. The highest BCUT2D eigenvalue weighted by atomic mass is 16.4. The molecular formula is C60H110O10. The summed E-state index contributed by atoms with van der Waals surface area (Å²) in [5, 5.41) is 41.9. The number of hydrogen-bond acceptors (Lipinski definition) is 5. The lowest BCUT2D eigenvalue weighted by atomic mass is 10.1. The molecular weight excluding hydrogens is 881 g/mol. The Morgan fingerprint density at radius 2 is 0.514 bits per heavy atom. The number of carboxylic acids is 5. The Bertz CT molecular complexity index is 1250. The lowest BCUT2D eigenvalue weighted by Crippen LogP contribution is -1.92. The van der Waals surface area contributed by atoms with E-state index in [-0.39, 0.29) is 12.8 Å². The maximum Gasteiger partial charge on any atom is 0.327 e. The van der Waals surface area contributed by atoms with Crippen molar-refractivity contribution < 1.29 is 49.5 Å². The van der Waals surface area contributed by atoms with Crippen molar-refractivity contribution in [1.29, 1.82) is 0 Å². The Labute approximate surface area is 430 Å². The molecule has 70 heavy (non-hydrogen) atoms. The normalized spacial score (nSPS) is 10.9. The zero-order valence-corrected chi connectivity index (χ0v) is 45.8. The van der Waals surface area contributed by atoms with E-state index in [1.54, 1.807) is 12.2 Å². The van der Waals surface area contributed by atoms with Crippen LogP contribution < -0.4 is 0 Å². The quantitative estimate of drug-likeness (QED) is 0.0223. The molecule has 0 aromatic rings. The molecule has 0 saturated carbocycles. The smallest absolute Gasteiger partial charge is 0.327 e. The van der Waals surface area contributed by atoms with Crippen LogP contribution >= 0.6 is 0 Å². The van der Waals surface area contributed by atoms with Gasteiger partial charge in [0.25, 0.3) is 0 Å². The van der Waals surface area contributed by atoms with Crippen LogP contribution in [0, 0.1) is 0 Å². The van der Waals surface area contributed by atoms with Gasteiger partial charge in [-0.15, -0.1) is 0 Å². The van der Waals surface area contributed by atoms with Crippen LogP contribution in [-0.2, 0) is 24.0 Å². The number of carboxylic acid groups (broad SMARTS) is 5. The summed E-state index contributed by atoms with van der Waals surface area (Å²) in [6, 6.07) is 0. The summed E-state index contributed by atoms with van der Waals surface area (Å²) in [6.45, 7) is 11.1.